The molecule has 0 atom stereocenters. The molecule has 0 bridgehead atoms. The summed E-state index contributed by atoms with van der Waals surface area (Å²) in [4.78, 5) is 0. The van der Waals surface area contributed by atoms with E-state index in [9.17, 15) is 0 Å². The third kappa shape index (κ3) is 11.8. The molecule has 0 amide bonds. The molecule has 0 aromatic carbocycles. The van der Waals surface area contributed by atoms with Crippen LogP contribution in [0, 0.1) is 0 Å². The summed E-state index contributed by atoms with van der Waals surface area (Å²) in [5.74, 6) is 0. The second-order valence-electron chi connectivity index (χ2n) is 0. The van der Waals surface area contributed by atoms with Gasteiger partial charge in [0.05, 0.1) is 0 Å². The van der Waals surface area contributed by atoms with Gasteiger partial charge < -0.3 is 6.15 Å². The molecule has 1 nitrogen and oxygen atoms in total. The predicted molar refractivity (Wildman–Crippen MR) is 22.1 cm³/mol. The standard InChI is InChI=1S/CH4.H3N.H2S.Ti/h1H4;1H3;1H2;. The Balaban J connectivity index is 0. The van der Waals surface area contributed by atoms with E-state index in [-0.39, 0.29) is 48.8 Å². The van der Waals surface area contributed by atoms with Crippen molar-refractivity contribution in [3.05, 3.63) is 0 Å². The van der Waals surface area contributed by atoms with Crippen LogP contribution in [0.15, 0.2) is 0 Å². The van der Waals surface area contributed by atoms with Crippen molar-refractivity contribution in [2.45, 2.75) is 7.43 Å². The molecule has 0 aliphatic carbocycles. The number of rotatable bonds is 0. The van der Waals surface area contributed by atoms with Gasteiger partial charge in [-0.3, -0.25) is 0 Å². The Hall–Kier alpha value is 1.02. The molecule has 0 saturated heterocycles. The molecule has 0 heterocycles. The average molecular weight is 115 g/mol. The topological polar surface area (TPSA) is 35.0 Å². The summed E-state index contributed by atoms with van der Waals surface area (Å²) in [7, 11) is 0. The van der Waals surface area contributed by atoms with Crippen molar-refractivity contribution in [3.8, 4) is 0 Å². The Morgan fingerprint density at radius 2 is 1.00 bits per heavy atom. The fraction of sp³-hybridized carbons (Fsp3) is 1.00. The van der Waals surface area contributed by atoms with Crippen LogP contribution in [0.25, 0.3) is 0 Å². The van der Waals surface area contributed by atoms with Crippen molar-refractivity contribution < 1.29 is 21.7 Å². The van der Waals surface area contributed by atoms with Gasteiger partial charge in [-0.05, 0) is 0 Å². The van der Waals surface area contributed by atoms with Crippen molar-refractivity contribution in [2.24, 2.45) is 0 Å². The normalized spacial score (nSPS) is 0. The first-order valence-corrected chi connectivity index (χ1v) is 0. The molecule has 0 aliphatic rings. The molecule has 28 valence electrons. The zero-order valence-electron chi connectivity index (χ0n) is 1.71. The van der Waals surface area contributed by atoms with Crippen molar-refractivity contribution in [1.29, 1.82) is 0 Å². The molecule has 0 aromatic heterocycles. The van der Waals surface area contributed by atoms with Gasteiger partial charge in [0, 0.05) is 21.7 Å². The molecule has 0 radical (unpaired) electrons. The maximum Gasteiger partial charge on any atom is 0 e. The fourth-order valence-electron chi connectivity index (χ4n) is 0. The van der Waals surface area contributed by atoms with Gasteiger partial charge in [0.2, 0.25) is 0 Å². The summed E-state index contributed by atoms with van der Waals surface area (Å²) in [5, 5.41) is 0. The van der Waals surface area contributed by atoms with Crippen LogP contribution in [-0.4, -0.2) is 0 Å². The molecular weight excluding hydrogens is 106 g/mol. The van der Waals surface area contributed by atoms with Crippen molar-refractivity contribution >= 4 is 13.5 Å². The molecule has 3 heteroatoms. The molecule has 0 aromatic rings. The summed E-state index contributed by atoms with van der Waals surface area (Å²) >= 11 is 0. The predicted octanol–water partition coefficient (Wildman–Crippen LogP) is 0.908. The van der Waals surface area contributed by atoms with E-state index in [4.69, 9.17) is 0 Å². The van der Waals surface area contributed by atoms with Gasteiger partial charge in [-0.2, -0.15) is 13.5 Å². The van der Waals surface area contributed by atoms with Gasteiger partial charge in [-0.1, -0.05) is 7.43 Å². The average Bonchev–Trinajstić information content (AvgIpc) is 0. The molecule has 0 saturated carbocycles. The van der Waals surface area contributed by atoms with Crippen LogP contribution in [0.5, 0.6) is 0 Å². The van der Waals surface area contributed by atoms with Crippen molar-refractivity contribution in [2.75, 3.05) is 0 Å². The van der Waals surface area contributed by atoms with Crippen LogP contribution in [0.3, 0.4) is 0 Å². The SMILES string of the molecule is C.N.S.[Ti]. The van der Waals surface area contributed by atoms with E-state index < -0.39 is 0 Å². The van der Waals surface area contributed by atoms with Crippen LogP contribution in [0.4, 0.5) is 0 Å². The van der Waals surface area contributed by atoms with E-state index >= 15 is 0 Å². The smallest absolute Gasteiger partial charge is 0 e. The molecule has 0 aliphatic heterocycles. The van der Waals surface area contributed by atoms with E-state index in [1.165, 1.54) is 0 Å². The summed E-state index contributed by atoms with van der Waals surface area (Å²) in [6.45, 7) is 0. The largest absolute Gasteiger partial charge is 0.344 e. The Labute approximate surface area is 49.1 Å². The second-order valence-corrected chi connectivity index (χ2v) is 0. The monoisotopic (exact) mass is 115 g/mol. The summed E-state index contributed by atoms with van der Waals surface area (Å²) in [5.41, 5.74) is 0. The fourth-order valence-corrected chi connectivity index (χ4v) is 0. The van der Waals surface area contributed by atoms with Crippen LogP contribution in [0.2, 0.25) is 0 Å². The van der Waals surface area contributed by atoms with Crippen LogP contribution >= 0.6 is 13.5 Å². The quantitative estimate of drug-likeness (QED) is 0.468. The second kappa shape index (κ2) is 35.1. The van der Waals surface area contributed by atoms with Gasteiger partial charge in [0.25, 0.3) is 0 Å². The van der Waals surface area contributed by atoms with Gasteiger partial charge in [0.15, 0.2) is 0 Å². The van der Waals surface area contributed by atoms with Crippen LogP contribution in [0.1, 0.15) is 7.43 Å². The molecular formula is CH9NSTi. The Morgan fingerprint density at radius 3 is 1.00 bits per heavy atom. The maximum atomic E-state index is 0. The summed E-state index contributed by atoms with van der Waals surface area (Å²) in [6.07, 6.45) is 0. The summed E-state index contributed by atoms with van der Waals surface area (Å²) in [6, 6.07) is 0. The zero-order valence-corrected chi connectivity index (χ0v) is 4.27. The van der Waals surface area contributed by atoms with Gasteiger partial charge in [0.1, 0.15) is 0 Å². The van der Waals surface area contributed by atoms with Crippen molar-refractivity contribution in [3.63, 3.8) is 0 Å². The van der Waals surface area contributed by atoms with E-state index in [1.807, 2.05) is 0 Å². The van der Waals surface area contributed by atoms with E-state index in [1.54, 1.807) is 0 Å². The first kappa shape index (κ1) is 77.6. The minimum atomic E-state index is 0. The maximum absolute atomic E-state index is 0. The minimum absolute atomic E-state index is 0. The molecule has 4 heavy (non-hydrogen) atoms. The molecule has 0 unspecified atom stereocenters. The molecule has 3 N–H and O–H groups in total. The third-order valence-corrected chi connectivity index (χ3v) is 0. The van der Waals surface area contributed by atoms with Gasteiger partial charge >= 0.3 is 0 Å². The zero-order chi connectivity index (χ0) is 0. The van der Waals surface area contributed by atoms with E-state index in [2.05, 4.69) is 0 Å². The first-order valence-electron chi connectivity index (χ1n) is 0. The van der Waals surface area contributed by atoms with Gasteiger partial charge in [-0.25, -0.2) is 0 Å². The Kier molecular flexibility index (Phi) is 680. The van der Waals surface area contributed by atoms with E-state index in [0.29, 0.717) is 0 Å². The molecule has 0 rings (SSSR count). The van der Waals surface area contributed by atoms with Crippen LogP contribution in [-0.2, 0) is 21.7 Å². The van der Waals surface area contributed by atoms with E-state index in [0.717, 1.165) is 0 Å². The molecule has 0 spiro atoms. The minimum Gasteiger partial charge on any atom is -0.344 e. The summed E-state index contributed by atoms with van der Waals surface area (Å²) < 4.78 is 0. The third-order valence-electron chi connectivity index (χ3n) is 0. The van der Waals surface area contributed by atoms with Crippen molar-refractivity contribution in [1.82, 2.24) is 6.15 Å². The first-order chi connectivity index (χ1) is 0. The Bertz CT molecular complexity index is 8.00. The number of hydrogen-bond donors (Lipinski definition) is 1. The molecule has 0 fully saturated rings. The number of hydrogen-bond acceptors (Lipinski definition) is 1. The Morgan fingerprint density at radius 1 is 1.00 bits per heavy atom. The van der Waals surface area contributed by atoms with Crippen LogP contribution < -0.4 is 6.15 Å². The van der Waals surface area contributed by atoms with Gasteiger partial charge in [-0.15, -0.1) is 0 Å².